The number of fused-ring (bicyclic) bond motifs is 1. The van der Waals surface area contributed by atoms with Crippen LogP contribution in [-0.4, -0.2) is 9.55 Å². The third-order valence-corrected chi connectivity index (χ3v) is 2.48. The van der Waals surface area contributed by atoms with Crippen LogP contribution in [0.15, 0.2) is 22.9 Å². The summed E-state index contributed by atoms with van der Waals surface area (Å²) in [6, 6.07) is 3.59. The average molecular weight is 236 g/mol. The molecule has 1 aromatic carbocycles. The van der Waals surface area contributed by atoms with Gasteiger partial charge in [0.15, 0.2) is 5.69 Å². The van der Waals surface area contributed by atoms with Gasteiger partial charge >= 0.3 is 0 Å². The van der Waals surface area contributed by atoms with Gasteiger partial charge in [-0.15, -0.1) is 0 Å². The summed E-state index contributed by atoms with van der Waals surface area (Å²) in [6.07, 6.45) is 1.74. The maximum atomic E-state index is 6.89. The largest absolute Gasteiger partial charge is 0.333 e. The number of aryl methyl sites for hydroxylation is 1. The standard InChI is InChI=1S/C9H6BrN3/c1-11-6-3-7(10)9-8(4-6)12-5-13(9)2/h3-5H,2H3. The van der Waals surface area contributed by atoms with Crippen molar-refractivity contribution in [3.05, 3.63) is 34.3 Å². The van der Waals surface area contributed by atoms with Gasteiger partial charge in [-0.25, -0.2) is 9.83 Å². The summed E-state index contributed by atoms with van der Waals surface area (Å²) in [5, 5.41) is 0. The third-order valence-electron chi connectivity index (χ3n) is 1.88. The van der Waals surface area contributed by atoms with Crippen molar-refractivity contribution in [3.8, 4) is 0 Å². The van der Waals surface area contributed by atoms with Gasteiger partial charge in [0.25, 0.3) is 0 Å². The van der Waals surface area contributed by atoms with Crippen molar-refractivity contribution < 1.29 is 0 Å². The Bertz CT molecular complexity index is 507. The zero-order chi connectivity index (χ0) is 9.42. The molecule has 1 aromatic heterocycles. The lowest BCUT2D eigenvalue weighted by Crippen LogP contribution is -1.84. The van der Waals surface area contributed by atoms with Gasteiger partial charge in [-0.1, -0.05) is 0 Å². The molecule has 0 radical (unpaired) electrons. The zero-order valence-corrected chi connectivity index (χ0v) is 8.54. The van der Waals surface area contributed by atoms with Gasteiger partial charge in [0.2, 0.25) is 0 Å². The maximum absolute atomic E-state index is 6.89. The molecule has 2 rings (SSSR count). The molecule has 0 bridgehead atoms. The van der Waals surface area contributed by atoms with E-state index >= 15 is 0 Å². The quantitative estimate of drug-likeness (QED) is 0.644. The second-order valence-electron chi connectivity index (χ2n) is 2.76. The second kappa shape index (κ2) is 2.86. The first kappa shape index (κ1) is 8.27. The molecule has 0 aliphatic heterocycles. The van der Waals surface area contributed by atoms with E-state index in [-0.39, 0.29) is 0 Å². The first-order valence-electron chi connectivity index (χ1n) is 3.70. The summed E-state index contributed by atoms with van der Waals surface area (Å²) in [7, 11) is 1.93. The molecule has 0 aliphatic rings. The topological polar surface area (TPSA) is 22.2 Å². The fraction of sp³-hybridized carbons (Fsp3) is 0.111. The van der Waals surface area contributed by atoms with Crippen LogP contribution in [0.5, 0.6) is 0 Å². The molecular weight excluding hydrogens is 230 g/mol. The highest BCUT2D eigenvalue weighted by Gasteiger charge is 2.05. The van der Waals surface area contributed by atoms with E-state index < -0.39 is 0 Å². The minimum absolute atomic E-state index is 0.609. The molecule has 1 heterocycles. The summed E-state index contributed by atoms with van der Waals surface area (Å²) in [6.45, 7) is 6.89. The normalized spacial score (nSPS) is 10.2. The van der Waals surface area contributed by atoms with Crippen LogP contribution in [-0.2, 0) is 7.05 Å². The van der Waals surface area contributed by atoms with E-state index in [1.165, 1.54) is 0 Å². The van der Waals surface area contributed by atoms with Crippen molar-refractivity contribution in [2.24, 2.45) is 7.05 Å². The Balaban J connectivity index is 2.89. The van der Waals surface area contributed by atoms with E-state index in [0.717, 1.165) is 15.5 Å². The van der Waals surface area contributed by atoms with Crippen molar-refractivity contribution in [3.63, 3.8) is 0 Å². The Kier molecular flexibility index (Phi) is 1.82. The molecule has 3 nitrogen and oxygen atoms in total. The van der Waals surface area contributed by atoms with Crippen LogP contribution in [0.25, 0.3) is 15.9 Å². The van der Waals surface area contributed by atoms with E-state index in [9.17, 15) is 0 Å². The molecular formula is C9H6BrN3. The summed E-state index contributed by atoms with van der Waals surface area (Å²) < 4.78 is 2.84. The number of hydrogen-bond donors (Lipinski definition) is 0. The van der Waals surface area contributed by atoms with Gasteiger partial charge in [-0.3, -0.25) is 0 Å². The van der Waals surface area contributed by atoms with E-state index in [2.05, 4.69) is 25.8 Å². The number of imidazole rings is 1. The highest BCUT2D eigenvalue weighted by atomic mass is 79.9. The molecule has 0 fully saturated rings. The van der Waals surface area contributed by atoms with Gasteiger partial charge in [0, 0.05) is 11.5 Å². The van der Waals surface area contributed by atoms with Gasteiger partial charge in [0.05, 0.1) is 23.9 Å². The van der Waals surface area contributed by atoms with Crippen LogP contribution >= 0.6 is 15.9 Å². The van der Waals surface area contributed by atoms with Crippen LogP contribution in [0.4, 0.5) is 5.69 Å². The van der Waals surface area contributed by atoms with Crippen LogP contribution < -0.4 is 0 Å². The van der Waals surface area contributed by atoms with Crippen molar-refractivity contribution in [2.75, 3.05) is 0 Å². The SMILES string of the molecule is [C-]#[N+]c1cc(Br)c2c(c1)ncn2C. The molecule has 0 spiro atoms. The molecule has 0 saturated heterocycles. The molecule has 0 atom stereocenters. The van der Waals surface area contributed by atoms with Crippen LogP contribution in [0.1, 0.15) is 0 Å². The number of halogens is 1. The Labute approximate surface area is 84.0 Å². The fourth-order valence-corrected chi connectivity index (χ4v) is 2.01. The molecule has 4 heteroatoms. The fourth-order valence-electron chi connectivity index (χ4n) is 1.29. The molecule has 0 unspecified atom stereocenters. The predicted molar refractivity (Wildman–Crippen MR) is 54.7 cm³/mol. The lowest BCUT2D eigenvalue weighted by Gasteiger charge is -1.98. The van der Waals surface area contributed by atoms with Crippen molar-refractivity contribution in [1.82, 2.24) is 9.55 Å². The molecule has 0 saturated carbocycles. The molecule has 13 heavy (non-hydrogen) atoms. The molecule has 2 aromatic rings. The molecule has 64 valence electrons. The van der Waals surface area contributed by atoms with E-state index in [1.54, 1.807) is 18.5 Å². The lowest BCUT2D eigenvalue weighted by atomic mass is 10.3. The van der Waals surface area contributed by atoms with Crippen molar-refractivity contribution in [2.45, 2.75) is 0 Å². The van der Waals surface area contributed by atoms with Gasteiger partial charge < -0.3 is 4.57 Å². The van der Waals surface area contributed by atoms with Crippen molar-refractivity contribution in [1.29, 1.82) is 0 Å². The maximum Gasteiger partial charge on any atom is 0.190 e. The van der Waals surface area contributed by atoms with Crippen LogP contribution in [0.2, 0.25) is 0 Å². The van der Waals surface area contributed by atoms with Gasteiger partial charge in [-0.05, 0) is 28.1 Å². The Morgan fingerprint density at radius 1 is 1.54 bits per heavy atom. The summed E-state index contributed by atoms with van der Waals surface area (Å²) in [4.78, 5) is 7.54. The minimum Gasteiger partial charge on any atom is -0.333 e. The van der Waals surface area contributed by atoms with E-state index in [1.807, 2.05) is 11.6 Å². The smallest absolute Gasteiger partial charge is 0.190 e. The Morgan fingerprint density at radius 3 is 3.00 bits per heavy atom. The zero-order valence-electron chi connectivity index (χ0n) is 6.95. The Hall–Kier alpha value is -1.34. The summed E-state index contributed by atoms with van der Waals surface area (Å²) >= 11 is 3.41. The second-order valence-corrected chi connectivity index (χ2v) is 3.62. The minimum atomic E-state index is 0.609. The monoisotopic (exact) mass is 235 g/mol. The molecule has 0 aliphatic carbocycles. The highest BCUT2D eigenvalue weighted by molar-refractivity contribution is 9.10. The average Bonchev–Trinajstić information content (AvgIpc) is 2.48. The number of rotatable bonds is 0. The van der Waals surface area contributed by atoms with Gasteiger partial charge in [-0.2, -0.15) is 0 Å². The Morgan fingerprint density at radius 2 is 2.31 bits per heavy atom. The molecule has 0 N–H and O–H groups in total. The lowest BCUT2D eigenvalue weighted by molar-refractivity contribution is 0.946. The van der Waals surface area contributed by atoms with E-state index in [4.69, 9.17) is 6.57 Å². The number of nitrogens with zero attached hydrogens (tertiary/aromatic N) is 3. The van der Waals surface area contributed by atoms with Gasteiger partial charge in [0.1, 0.15) is 0 Å². The van der Waals surface area contributed by atoms with Crippen molar-refractivity contribution >= 4 is 32.7 Å². The van der Waals surface area contributed by atoms with Crippen LogP contribution in [0.3, 0.4) is 0 Å². The third kappa shape index (κ3) is 1.21. The first-order chi connectivity index (χ1) is 6.22. The number of hydrogen-bond acceptors (Lipinski definition) is 1. The van der Waals surface area contributed by atoms with Crippen LogP contribution in [0, 0.1) is 6.57 Å². The number of aromatic nitrogens is 2. The summed E-state index contributed by atoms with van der Waals surface area (Å²) in [5.74, 6) is 0. The first-order valence-corrected chi connectivity index (χ1v) is 4.49. The summed E-state index contributed by atoms with van der Waals surface area (Å²) in [5.41, 5.74) is 2.48. The predicted octanol–water partition coefficient (Wildman–Crippen LogP) is 2.89. The number of benzene rings is 1. The van der Waals surface area contributed by atoms with E-state index in [0.29, 0.717) is 5.69 Å². The molecule has 0 amide bonds. The highest BCUT2D eigenvalue weighted by Crippen LogP contribution is 2.28.